The minimum Gasteiger partial charge on any atom is -0.456 e. The molecule has 0 atom stereocenters. The summed E-state index contributed by atoms with van der Waals surface area (Å²) in [5.74, 6) is 1.30. The number of hydrogen-bond donors (Lipinski definition) is 1. The van der Waals surface area contributed by atoms with Crippen LogP contribution in [0.1, 0.15) is 11.1 Å². The van der Waals surface area contributed by atoms with Crippen LogP contribution in [0.5, 0.6) is 0 Å². The van der Waals surface area contributed by atoms with Crippen LogP contribution in [0.25, 0.3) is 22.6 Å². The predicted molar refractivity (Wildman–Crippen MR) is 77.7 cm³/mol. The van der Waals surface area contributed by atoms with Gasteiger partial charge in [0.2, 0.25) is 0 Å². The Labute approximate surface area is 116 Å². The fraction of sp³-hybridized carbons (Fsp3) is 0.118. The first-order valence-corrected chi connectivity index (χ1v) is 6.43. The standard InChI is InChI=1S/C17H14O3/c1-11-16(19)14(10-18)9-13-7-8-15(20-17(11)13)12-5-3-2-4-6-12/h2-9,18H,10H2,1H3. The van der Waals surface area contributed by atoms with Crippen LogP contribution in [0.15, 0.2) is 57.7 Å². The smallest absolute Gasteiger partial charge is 0.190 e. The molecule has 3 nitrogen and oxygen atoms in total. The summed E-state index contributed by atoms with van der Waals surface area (Å²) in [5.41, 5.74) is 2.56. The van der Waals surface area contributed by atoms with E-state index in [9.17, 15) is 9.90 Å². The van der Waals surface area contributed by atoms with Gasteiger partial charge in [0.05, 0.1) is 6.61 Å². The molecular weight excluding hydrogens is 252 g/mol. The zero-order valence-electron chi connectivity index (χ0n) is 11.1. The van der Waals surface area contributed by atoms with Gasteiger partial charge in [0.1, 0.15) is 11.5 Å². The van der Waals surface area contributed by atoms with E-state index >= 15 is 0 Å². The highest BCUT2D eigenvalue weighted by molar-refractivity contribution is 5.68. The fourth-order valence-corrected chi connectivity index (χ4v) is 2.32. The molecule has 1 heterocycles. The van der Waals surface area contributed by atoms with Crippen LogP contribution >= 0.6 is 0 Å². The maximum absolute atomic E-state index is 12.0. The highest BCUT2D eigenvalue weighted by atomic mass is 16.3. The van der Waals surface area contributed by atoms with Gasteiger partial charge in [-0.25, -0.2) is 0 Å². The normalized spacial score (nSPS) is 10.9. The Balaban J connectivity index is 2.25. The molecule has 1 N–H and O–H groups in total. The molecule has 100 valence electrons. The first-order chi connectivity index (χ1) is 9.70. The van der Waals surface area contributed by atoms with Crippen LogP contribution in [0, 0.1) is 6.92 Å². The summed E-state index contributed by atoms with van der Waals surface area (Å²) < 4.78 is 5.88. The average Bonchev–Trinajstić information content (AvgIpc) is 2.51. The number of rotatable bonds is 2. The predicted octanol–water partition coefficient (Wildman–Crippen LogP) is 3.21. The zero-order chi connectivity index (χ0) is 14.1. The van der Waals surface area contributed by atoms with Gasteiger partial charge in [-0.05, 0) is 25.1 Å². The van der Waals surface area contributed by atoms with Crippen LogP contribution < -0.4 is 5.43 Å². The lowest BCUT2D eigenvalue weighted by Gasteiger charge is -2.11. The summed E-state index contributed by atoms with van der Waals surface area (Å²) >= 11 is 0. The number of benzene rings is 2. The van der Waals surface area contributed by atoms with Gasteiger partial charge in [0, 0.05) is 22.3 Å². The molecule has 3 rings (SSSR count). The van der Waals surface area contributed by atoms with Crippen LogP contribution in [-0.2, 0) is 6.61 Å². The molecule has 0 saturated heterocycles. The van der Waals surface area contributed by atoms with Gasteiger partial charge in [0.15, 0.2) is 5.43 Å². The highest BCUT2D eigenvalue weighted by Gasteiger charge is 2.15. The first-order valence-electron chi connectivity index (χ1n) is 6.43. The molecule has 0 aromatic heterocycles. The Hall–Kier alpha value is -2.39. The van der Waals surface area contributed by atoms with Gasteiger partial charge in [-0.1, -0.05) is 30.3 Å². The van der Waals surface area contributed by atoms with Crippen LogP contribution in [0.3, 0.4) is 0 Å². The SMILES string of the molecule is Cc1c2oc(-c3ccccc3)ccc-2cc(CO)c1=O. The molecule has 0 bridgehead atoms. The summed E-state index contributed by atoms with van der Waals surface area (Å²) in [4.78, 5) is 12.0. The van der Waals surface area contributed by atoms with Gasteiger partial charge in [-0.15, -0.1) is 0 Å². The van der Waals surface area contributed by atoms with Gasteiger partial charge < -0.3 is 9.52 Å². The van der Waals surface area contributed by atoms with Crippen molar-refractivity contribution in [2.24, 2.45) is 0 Å². The maximum Gasteiger partial charge on any atom is 0.190 e. The van der Waals surface area contributed by atoms with E-state index in [-0.39, 0.29) is 12.0 Å². The fourth-order valence-electron chi connectivity index (χ4n) is 2.32. The topological polar surface area (TPSA) is 50.4 Å². The largest absolute Gasteiger partial charge is 0.456 e. The molecule has 1 aromatic rings. The Morgan fingerprint density at radius 2 is 1.80 bits per heavy atom. The van der Waals surface area contributed by atoms with Crippen molar-refractivity contribution in [3.63, 3.8) is 0 Å². The van der Waals surface area contributed by atoms with Crippen molar-refractivity contribution >= 4 is 0 Å². The Kier molecular flexibility index (Phi) is 3.12. The molecule has 1 aromatic carbocycles. The molecule has 0 unspecified atom stereocenters. The van der Waals surface area contributed by atoms with Crippen molar-refractivity contribution in [1.82, 2.24) is 0 Å². The minimum atomic E-state index is -0.254. The molecule has 0 radical (unpaired) electrons. The number of aliphatic hydroxyl groups is 1. The van der Waals surface area contributed by atoms with E-state index in [1.165, 1.54) is 0 Å². The van der Waals surface area contributed by atoms with Crippen molar-refractivity contribution < 1.29 is 9.52 Å². The molecule has 0 saturated carbocycles. The molecule has 20 heavy (non-hydrogen) atoms. The summed E-state index contributed by atoms with van der Waals surface area (Å²) in [6.07, 6.45) is 0. The lowest BCUT2D eigenvalue weighted by Crippen LogP contribution is -2.13. The summed E-state index contributed by atoms with van der Waals surface area (Å²) in [6, 6.07) is 15.2. The molecule has 1 aliphatic heterocycles. The van der Waals surface area contributed by atoms with Crippen molar-refractivity contribution in [1.29, 1.82) is 0 Å². The third-order valence-electron chi connectivity index (χ3n) is 3.42. The Bertz CT molecular complexity index is 772. The second-order valence-corrected chi connectivity index (χ2v) is 4.73. The van der Waals surface area contributed by atoms with E-state index in [1.54, 1.807) is 13.0 Å². The average molecular weight is 266 g/mol. The third-order valence-corrected chi connectivity index (χ3v) is 3.42. The molecule has 0 amide bonds. The van der Waals surface area contributed by atoms with E-state index in [4.69, 9.17) is 4.42 Å². The second kappa shape index (κ2) is 4.94. The minimum absolute atomic E-state index is 0.158. The summed E-state index contributed by atoms with van der Waals surface area (Å²) in [5, 5.41) is 9.20. The monoisotopic (exact) mass is 266 g/mol. The van der Waals surface area contributed by atoms with Crippen molar-refractivity contribution in [3.05, 3.63) is 69.9 Å². The van der Waals surface area contributed by atoms with Crippen LogP contribution in [-0.4, -0.2) is 5.11 Å². The molecular formula is C17H14O3. The molecule has 0 spiro atoms. The number of hydrogen-bond acceptors (Lipinski definition) is 3. The lowest BCUT2D eigenvalue weighted by atomic mass is 10.0. The van der Waals surface area contributed by atoms with Gasteiger partial charge in [0.25, 0.3) is 0 Å². The first kappa shape index (κ1) is 12.6. The highest BCUT2D eigenvalue weighted by Crippen LogP contribution is 2.30. The van der Waals surface area contributed by atoms with Crippen molar-refractivity contribution in [3.8, 4) is 22.6 Å². The van der Waals surface area contributed by atoms with E-state index in [0.29, 0.717) is 16.9 Å². The Morgan fingerprint density at radius 3 is 2.50 bits per heavy atom. The van der Waals surface area contributed by atoms with Gasteiger partial charge in [-0.3, -0.25) is 4.79 Å². The Morgan fingerprint density at radius 1 is 1.05 bits per heavy atom. The molecule has 0 fully saturated rings. The molecule has 3 heteroatoms. The van der Waals surface area contributed by atoms with E-state index in [0.717, 1.165) is 16.9 Å². The third kappa shape index (κ3) is 2.02. The van der Waals surface area contributed by atoms with Crippen molar-refractivity contribution in [2.45, 2.75) is 13.5 Å². The number of fused-ring (bicyclic) bond motifs is 1. The lowest BCUT2D eigenvalue weighted by molar-refractivity contribution is 0.280. The second-order valence-electron chi connectivity index (χ2n) is 4.73. The zero-order valence-corrected chi connectivity index (χ0v) is 11.1. The van der Waals surface area contributed by atoms with E-state index < -0.39 is 0 Å². The van der Waals surface area contributed by atoms with Gasteiger partial charge in [-0.2, -0.15) is 0 Å². The molecule has 1 aliphatic carbocycles. The van der Waals surface area contributed by atoms with Crippen LogP contribution in [0.2, 0.25) is 0 Å². The maximum atomic E-state index is 12.0. The molecule has 2 aliphatic rings. The van der Waals surface area contributed by atoms with Crippen molar-refractivity contribution in [2.75, 3.05) is 0 Å². The van der Waals surface area contributed by atoms with Crippen LogP contribution in [0.4, 0.5) is 0 Å². The quantitative estimate of drug-likeness (QED) is 0.774. The van der Waals surface area contributed by atoms with E-state index in [1.807, 2.05) is 42.5 Å². The van der Waals surface area contributed by atoms with Gasteiger partial charge >= 0.3 is 0 Å². The summed E-state index contributed by atoms with van der Waals surface area (Å²) in [6.45, 7) is 1.47. The summed E-state index contributed by atoms with van der Waals surface area (Å²) in [7, 11) is 0. The van der Waals surface area contributed by atoms with E-state index in [2.05, 4.69) is 0 Å². The number of aliphatic hydroxyl groups excluding tert-OH is 1.